The number of nitrogens with one attached hydrogen (secondary N) is 1. The Labute approximate surface area is 218 Å². The number of fused-ring (bicyclic) bond motifs is 1. The molecule has 2 aliphatic heterocycles. The highest BCUT2D eigenvalue weighted by Crippen LogP contribution is 2.38. The molecule has 1 N–H and O–H groups in total. The van der Waals surface area contributed by atoms with Gasteiger partial charge in [0.2, 0.25) is 0 Å². The summed E-state index contributed by atoms with van der Waals surface area (Å²) in [5.74, 6) is 0. The summed E-state index contributed by atoms with van der Waals surface area (Å²) in [7, 11) is 2.21. The second kappa shape index (κ2) is 10.1. The summed E-state index contributed by atoms with van der Waals surface area (Å²) >= 11 is 1.90. The number of carbonyl (C=O) groups is 1. The summed E-state index contributed by atoms with van der Waals surface area (Å²) in [5, 5.41) is 3.20. The maximum Gasteiger partial charge on any atom is 0.318 e. The van der Waals surface area contributed by atoms with Crippen molar-refractivity contribution in [2.24, 2.45) is 0 Å². The predicted octanol–water partition coefficient (Wildman–Crippen LogP) is 4.78. The van der Waals surface area contributed by atoms with Gasteiger partial charge in [-0.05, 0) is 69.0 Å². The van der Waals surface area contributed by atoms with Gasteiger partial charge < -0.3 is 15.1 Å². The number of thiophene rings is 1. The van der Waals surface area contributed by atoms with Gasteiger partial charge in [-0.2, -0.15) is 0 Å². The van der Waals surface area contributed by atoms with E-state index in [0.717, 1.165) is 65.0 Å². The molecule has 2 aromatic heterocycles. The molecule has 1 atom stereocenters. The van der Waals surface area contributed by atoms with E-state index in [9.17, 15) is 4.79 Å². The Balaban J connectivity index is 1.15. The molecule has 2 amide bonds. The molecule has 6 nitrogen and oxygen atoms in total. The highest BCUT2D eigenvalue weighted by Gasteiger charge is 2.29. The molecule has 1 saturated carbocycles. The van der Waals surface area contributed by atoms with E-state index in [4.69, 9.17) is 4.98 Å². The number of hydrogen-bond acceptors (Lipinski definition) is 5. The van der Waals surface area contributed by atoms with Gasteiger partial charge in [-0.1, -0.05) is 12.2 Å². The summed E-state index contributed by atoms with van der Waals surface area (Å²) in [6.07, 6.45) is 11.9. The average molecular weight is 504 g/mol. The van der Waals surface area contributed by atoms with E-state index in [1.807, 2.05) is 22.4 Å². The van der Waals surface area contributed by atoms with Crippen molar-refractivity contribution in [1.29, 1.82) is 0 Å². The first-order chi connectivity index (χ1) is 17.5. The quantitative estimate of drug-likeness (QED) is 0.638. The van der Waals surface area contributed by atoms with E-state index in [1.165, 1.54) is 44.1 Å². The highest BCUT2D eigenvalue weighted by atomic mass is 32.1. The molecular formula is C29H37N5OS. The Bertz CT molecular complexity index is 1190. The fourth-order valence-electron chi connectivity index (χ4n) is 5.71. The van der Waals surface area contributed by atoms with Gasteiger partial charge >= 0.3 is 6.03 Å². The molecule has 0 bridgehead atoms. The van der Waals surface area contributed by atoms with Gasteiger partial charge in [0.15, 0.2) is 0 Å². The van der Waals surface area contributed by atoms with Crippen LogP contribution in [0.1, 0.15) is 48.7 Å². The van der Waals surface area contributed by atoms with Crippen LogP contribution in [-0.2, 0) is 13.0 Å². The van der Waals surface area contributed by atoms with E-state index in [0.29, 0.717) is 6.04 Å². The van der Waals surface area contributed by atoms with Crippen molar-refractivity contribution in [1.82, 2.24) is 25.0 Å². The number of amides is 2. The fraction of sp³-hybridized carbons (Fsp3) is 0.517. The lowest BCUT2D eigenvalue weighted by atomic mass is 9.92. The topological polar surface area (TPSA) is 51.7 Å². The number of carbonyl (C=O) groups excluding carboxylic acids is 1. The van der Waals surface area contributed by atoms with Gasteiger partial charge in [-0.25, -0.2) is 4.79 Å². The zero-order valence-corrected chi connectivity index (χ0v) is 22.3. The fourth-order valence-corrected chi connectivity index (χ4v) is 6.74. The number of allylic oxidation sites excluding steroid dienone is 2. The third kappa shape index (κ3) is 4.89. The third-order valence-electron chi connectivity index (χ3n) is 8.28. The summed E-state index contributed by atoms with van der Waals surface area (Å²) in [4.78, 5) is 27.3. The average Bonchev–Trinajstić information content (AvgIpc) is 3.49. The molecule has 190 valence electrons. The summed E-state index contributed by atoms with van der Waals surface area (Å²) in [5.41, 5.74) is 6.32. The van der Waals surface area contributed by atoms with Crippen LogP contribution in [0.25, 0.3) is 16.0 Å². The Hall–Kier alpha value is -2.48. The molecule has 2 aromatic rings. The van der Waals surface area contributed by atoms with Crippen molar-refractivity contribution in [2.75, 3.05) is 39.8 Å². The number of nitrogens with zero attached hydrogens (tertiary/aromatic N) is 4. The van der Waals surface area contributed by atoms with Crippen LogP contribution < -0.4 is 5.32 Å². The van der Waals surface area contributed by atoms with Crippen molar-refractivity contribution >= 4 is 22.9 Å². The van der Waals surface area contributed by atoms with Crippen LogP contribution in [0.15, 0.2) is 42.1 Å². The first-order valence-corrected chi connectivity index (χ1v) is 14.3. The number of urea groups is 1. The van der Waals surface area contributed by atoms with Crippen LogP contribution in [0, 0.1) is 0 Å². The lowest BCUT2D eigenvalue weighted by molar-refractivity contribution is 0.149. The SMILES string of the molecule is CC1C=C(C2=CCc3ncc(-c4ccc(CN5CCN(C)CC5)s4)cc32)CCN1C(=O)NC1CCC1. The monoisotopic (exact) mass is 503 g/mol. The van der Waals surface area contributed by atoms with E-state index < -0.39 is 0 Å². The first kappa shape index (κ1) is 23.9. The Morgan fingerprint density at radius 1 is 1.17 bits per heavy atom. The van der Waals surface area contributed by atoms with Crippen molar-refractivity contribution < 1.29 is 4.79 Å². The predicted molar refractivity (Wildman–Crippen MR) is 147 cm³/mol. The minimum atomic E-state index is 0.0947. The third-order valence-corrected chi connectivity index (χ3v) is 9.40. The van der Waals surface area contributed by atoms with Crippen molar-refractivity contribution in [3.8, 4) is 10.4 Å². The molecule has 2 fully saturated rings. The van der Waals surface area contributed by atoms with Gasteiger partial charge in [-0.3, -0.25) is 9.88 Å². The number of rotatable bonds is 5. The molecular weight excluding hydrogens is 466 g/mol. The van der Waals surface area contributed by atoms with Gasteiger partial charge in [0, 0.05) is 84.9 Å². The standard InChI is InChI=1S/C29H37N5OS/c1-20-16-21(10-11-34(20)29(35)31-23-4-3-5-23)25-7-8-27-26(25)17-22(18-30-27)28-9-6-24(36-28)19-33-14-12-32(2)13-15-33/h6-7,9,16-18,20,23H,3-5,8,10-15,19H2,1-2H3,(H,31,35). The second-order valence-corrected chi connectivity index (χ2v) is 12.0. The lowest BCUT2D eigenvalue weighted by Crippen LogP contribution is -2.51. The zero-order valence-electron chi connectivity index (χ0n) is 21.5. The Kier molecular flexibility index (Phi) is 6.71. The summed E-state index contributed by atoms with van der Waals surface area (Å²) < 4.78 is 0. The second-order valence-electron chi connectivity index (χ2n) is 10.8. The number of piperazine rings is 1. The van der Waals surface area contributed by atoms with E-state index in [2.05, 4.69) is 59.4 Å². The Morgan fingerprint density at radius 3 is 2.75 bits per heavy atom. The smallest absolute Gasteiger partial charge is 0.318 e. The summed E-state index contributed by atoms with van der Waals surface area (Å²) in [6.45, 7) is 8.54. The van der Waals surface area contributed by atoms with E-state index in [1.54, 1.807) is 0 Å². The van der Waals surface area contributed by atoms with Crippen molar-refractivity contribution in [3.05, 3.63) is 58.3 Å². The Morgan fingerprint density at radius 2 is 2.00 bits per heavy atom. The molecule has 7 heteroatoms. The maximum atomic E-state index is 12.7. The van der Waals surface area contributed by atoms with Crippen molar-refractivity contribution in [2.45, 2.75) is 57.7 Å². The number of hydrogen-bond donors (Lipinski definition) is 1. The maximum absolute atomic E-state index is 12.7. The molecule has 1 saturated heterocycles. The van der Waals surface area contributed by atoms with Crippen molar-refractivity contribution in [3.63, 3.8) is 0 Å². The molecule has 4 aliphatic rings. The zero-order chi connectivity index (χ0) is 24.6. The summed E-state index contributed by atoms with van der Waals surface area (Å²) in [6, 6.07) is 7.47. The highest BCUT2D eigenvalue weighted by molar-refractivity contribution is 7.15. The largest absolute Gasteiger partial charge is 0.335 e. The minimum absolute atomic E-state index is 0.0947. The number of aromatic nitrogens is 1. The van der Waals surface area contributed by atoms with Crippen LogP contribution in [0.4, 0.5) is 4.79 Å². The van der Waals surface area contributed by atoms with Crippen LogP contribution in [0.2, 0.25) is 0 Å². The minimum Gasteiger partial charge on any atom is -0.335 e. The van der Waals surface area contributed by atoms with Crippen LogP contribution in [0.3, 0.4) is 0 Å². The number of likely N-dealkylation sites (N-methyl/N-ethyl adjacent to an activating group) is 1. The van der Waals surface area contributed by atoms with E-state index >= 15 is 0 Å². The van der Waals surface area contributed by atoms with E-state index in [-0.39, 0.29) is 12.1 Å². The molecule has 0 aromatic carbocycles. The lowest BCUT2D eigenvalue weighted by Gasteiger charge is -2.36. The molecule has 4 heterocycles. The van der Waals surface area contributed by atoms with Gasteiger partial charge in [0.05, 0.1) is 5.69 Å². The van der Waals surface area contributed by atoms with Gasteiger partial charge in [-0.15, -0.1) is 11.3 Å². The first-order valence-electron chi connectivity index (χ1n) is 13.5. The van der Waals surface area contributed by atoms with Crippen LogP contribution in [-0.4, -0.2) is 77.6 Å². The van der Waals surface area contributed by atoms with Crippen LogP contribution in [0.5, 0.6) is 0 Å². The molecule has 6 rings (SSSR count). The number of pyridine rings is 1. The normalized spacial score (nSPS) is 23.2. The van der Waals surface area contributed by atoms with Gasteiger partial charge in [0.1, 0.15) is 0 Å². The molecule has 36 heavy (non-hydrogen) atoms. The molecule has 1 unspecified atom stereocenters. The molecule has 0 spiro atoms. The molecule has 0 radical (unpaired) electrons. The van der Waals surface area contributed by atoms with Crippen LogP contribution >= 0.6 is 11.3 Å². The van der Waals surface area contributed by atoms with Gasteiger partial charge in [0.25, 0.3) is 0 Å². The molecule has 2 aliphatic carbocycles.